The Kier molecular flexibility index (Phi) is 3.21. The van der Waals surface area contributed by atoms with Crippen LogP contribution in [-0.4, -0.2) is 26.8 Å². The molecule has 11 heteroatoms. The number of rotatable bonds is 0. The van der Waals surface area contributed by atoms with Gasteiger partial charge in [-0.2, -0.15) is 26.3 Å². The average Bonchev–Trinajstić information content (AvgIpc) is 1.98. The molecule has 0 bridgehead atoms. The van der Waals surface area contributed by atoms with Gasteiger partial charge in [0.05, 0.1) is 0 Å². The lowest BCUT2D eigenvalue weighted by molar-refractivity contribution is -0.165. The zero-order valence-corrected chi connectivity index (χ0v) is 7.22. The standard InChI is InChI=1S/C4HF6NO3S/c5-3(6,7)1(12)15(11,14)2(13)4(8,9)10/h11H. The summed E-state index contributed by atoms with van der Waals surface area (Å²) in [6.07, 6.45) is -11.9. The van der Waals surface area contributed by atoms with Crippen molar-refractivity contribution in [3.05, 3.63) is 0 Å². The Labute approximate surface area is 78.2 Å². The van der Waals surface area contributed by atoms with E-state index in [0.29, 0.717) is 0 Å². The summed E-state index contributed by atoms with van der Waals surface area (Å²) in [7, 11) is -6.08. The van der Waals surface area contributed by atoms with Gasteiger partial charge in [0.2, 0.25) is 0 Å². The first-order valence-corrected chi connectivity index (χ1v) is 4.38. The summed E-state index contributed by atoms with van der Waals surface area (Å²) < 4.78 is 85.6. The summed E-state index contributed by atoms with van der Waals surface area (Å²) in [5, 5.41) is -7.03. The number of hydrogen-bond donors (Lipinski definition) is 1. The van der Waals surface area contributed by atoms with Gasteiger partial charge in [0, 0.05) is 0 Å². The molecule has 0 atom stereocenters. The molecule has 0 aliphatic carbocycles. The van der Waals surface area contributed by atoms with E-state index in [1.165, 1.54) is 0 Å². The highest BCUT2D eigenvalue weighted by molar-refractivity contribution is 8.19. The monoisotopic (exact) mass is 257 g/mol. The minimum Gasteiger partial charge on any atom is -0.273 e. The van der Waals surface area contributed by atoms with Gasteiger partial charge >= 0.3 is 22.6 Å². The van der Waals surface area contributed by atoms with Crippen LogP contribution in [0.15, 0.2) is 0 Å². The molecule has 0 aromatic rings. The van der Waals surface area contributed by atoms with E-state index in [1.807, 2.05) is 0 Å². The van der Waals surface area contributed by atoms with Gasteiger partial charge in [0.1, 0.15) is 0 Å². The minimum atomic E-state index is -6.08. The minimum absolute atomic E-state index is 3.52. The maximum Gasteiger partial charge on any atom is 0.464 e. The first-order chi connectivity index (χ1) is 6.31. The molecule has 0 saturated heterocycles. The normalized spacial score (nSPS) is 13.7. The molecule has 1 N–H and O–H groups in total. The molecule has 88 valence electrons. The predicted molar refractivity (Wildman–Crippen MR) is 33.0 cm³/mol. The molecule has 4 nitrogen and oxygen atoms in total. The number of carbonyl (C=O) groups excluding carboxylic acids is 2. The number of hydrogen-bond acceptors (Lipinski definition) is 4. The van der Waals surface area contributed by atoms with E-state index >= 15 is 0 Å². The van der Waals surface area contributed by atoms with Gasteiger partial charge in [-0.05, 0) is 0 Å². The molecule has 0 fully saturated rings. The van der Waals surface area contributed by atoms with E-state index in [-0.39, 0.29) is 0 Å². The fourth-order valence-electron chi connectivity index (χ4n) is 0.410. The SMILES string of the molecule is N=S(=O)(C(=O)C(F)(F)F)C(=O)C(F)(F)F. The molecule has 0 aromatic carbocycles. The molecule has 0 radical (unpaired) electrons. The summed E-state index contributed by atoms with van der Waals surface area (Å²) in [5.41, 5.74) is 0. The summed E-state index contributed by atoms with van der Waals surface area (Å²) in [6, 6.07) is 0. The van der Waals surface area contributed by atoms with Gasteiger partial charge in [-0.1, -0.05) is 0 Å². The number of halogens is 6. The molecule has 0 unspecified atom stereocenters. The smallest absolute Gasteiger partial charge is 0.273 e. The third-order valence-corrected chi connectivity index (χ3v) is 2.49. The quantitative estimate of drug-likeness (QED) is 0.663. The van der Waals surface area contributed by atoms with Crippen LogP contribution in [0.2, 0.25) is 0 Å². The van der Waals surface area contributed by atoms with Gasteiger partial charge in [-0.3, -0.25) is 9.59 Å². The van der Waals surface area contributed by atoms with Crippen molar-refractivity contribution in [1.29, 1.82) is 4.78 Å². The highest BCUT2D eigenvalue weighted by Gasteiger charge is 2.55. The van der Waals surface area contributed by atoms with Crippen LogP contribution in [0.3, 0.4) is 0 Å². The van der Waals surface area contributed by atoms with E-state index in [9.17, 15) is 40.1 Å². The molecule has 0 aromatic heterocycles. The van der Waals surface area contributed by atoms with Crippen molar-refractivity contribution >= 4 is 20.0 Å². The van der Waals surface area contributed by atoms with E-state index in [1.54, 1.807) is 0 Å². The predicted octanol–water partition coefficient (Wildman–Crippen LogP) is 1.21. The van der Waals surface area contributed by atoms with Gasteiger partial charge in [-0.15, -0.1) is 0 Å². The third kappa shape index (κ3) is 2.91. The zero-order valence-electron chi connectivity index (χ0n) is 6.40. The van der Waals surface area contributed by atoms with Crippen LogP contribution < -0.4 is 0 Å². The highest BCUT2D eigenvalue weighted by atomic mass is 32.2. The van der Waals surface area contributed by atoms with Crippen molar-refractivity contribution in [2.24, 2.45) is 0 Å². The molecule has 0 saturated carbocycles. The van der Waals surface area contributed by atoms with Crippen LogP contribution in [-0.2, 0) is 19.3 Å². The van der Waals surface area contributed by atoms with E-state index in [4.69, 9.17) is 4.78 Å². The first kappa shape index (κ1) is 13.9. The molecule has 0 aliphatic rings. The summed E-state index contributed by atoms with van der Waals surface area (Å²) in [5.74, 6) is 0. The van der Waals surface area contributed by atoms with Crippen LogP contribution in [0, 0.1) is 4.78 Å². The Morgan fingerprint density at radius 3 is 1.20 bits per heavy atom. The van der Waals surface area contributed by atoms with Crippen molar-refractivity contribution in [1.82, 2.24) is 0 Å². The lowest BCUT2D eigenvalue weighted by Crippen LogP contribution is -2.40. The fourth-order valence-corrected chi connectivity index (χ4v) is 1.23. The molecule has 0 amide bonds. The van der Waals surface area contributed by atoms with Crippen LogP contribution in [0.4, 0.5) is 26.3 Å². The van der Waals surface area contributed by atoms with Gasteiger partial charge in [0.25, 0.3) is 0 Å². The lowest BCUT2D eigenvalue weighted by Gasteiger charge is -2.09. The Morgan fingerprint density at radius 1 is 0.867 bits per heavy atom. The Balaban J connectivity index is 5.40. The van der Waals surface area contributed by atoms with Crippen LogP contribution >= 0.6 is 0 Å². The Morgan fingerprint density at radius 2 is 1.07 bits per heavy atom. The average molecular weight is 257 g/mol. The van der Waals surface area contributed by atoms with Crippen molar-refractivity contribution in [3.63, 3.8) is 0 Å². The van der Waals surface area contributed by atoms with Crippen molar-refractivity contribution in [2.45, 2.75) is 12.4 Å². The Hall–Kier alpha value is -1.13. The van der Waals surface area contributed by atoms with Gasteiger partial charge in [-0.25, -0.2) is 8.99 Å². The second-order valence-electron chi connectivity index (χ2n) is 2.13. The van der Waals surface area contributed by atoms with Crippen molar-refractivity contribution in [2.75, 3.05) is 0 Å². The van der Waals surface area contributed by atoms with E-state index in [2.05, 4.69) is 0 Å². The summed E-state index contributed by atoms with van der Waals surface area (Å²) in [4.78, 5) is 20.1. The third-order valence-electron chi connectivity index (χ3n) is 0.985. The number of carbonyl (C=O) groups is 2. The molecule has 0 rings (SSSR count). The Bertz CT molecular complexity index is 358. The fraction of sp³-hybridized carbons (Fsp3) is 0.500. The topological polar surface area (TPSA) is 75.1 Å². The summed E-state index contributed by atoms with van der Waals surface area (Å²) >= 11 is 0. The lowest BCUT2D eigenvalue weighted by atomic mass is 10.7. The maximum absolute atomic E-state index is 11.5. The summed E-state index contributed by atoms with van der Waals surface area (Å²) in [6.45, 7) is 0. The first-order valence-electron chi connectivity index (χ1n) is 2.82. The largest absolute Gasteiger partial charge is 0.464 e. The van der Waals surface area contributed by atoms with E-state index in [0.717, 1.165) is 0 Å². The van der Waals surface area contributed by atoms with Crippen molar-refractivity contribution < 1.29 is 40.1 Å². The second kappa shape index (κ2) is 3.47. The van der Waals surface area contributed by atoms with Gasteiger partial charge in [0.15, 0.2) is 9.73 Å². The number of alkyl halides is 6. The van der Waals surface area contributed by atoms with Crippen LogP contribution in [0.25, 0.3) is 0 Å². The molecular formula is C4HF6NO3S. The molecule has 0 heterocycles. The maximum atomic E-state index is 11.5. The van der Waals surface area contributed by atoms with Crippen LogP contribution in [0.1, 0.15) is 0 Å². The van der Waals surface area contributed by atoms with Crippen LogP contribution in [0.5, 0.6) is 0 Å². The van der Waals surface area contributed by atoms with Crippen molar-refractivity contribution in [3.8, 4) is 0 Å². The number of nitrogens with one attached hydrogen (secondary N) is 1. The molecule has 0 spiro atoms. The molecular weight excluding hydrogens is 256 g/mol. The molecule has 15 heavy (non-hydrogen) atoms. The van der Waals surface area contributed by atoms with Gasteiger partial charge < -0.3 is 0 Å². The second-order valence-corrected chi connectivity index (χ2v) is 3.98. The highest BCUT2D eigenvalue weighted by Crippen LogP contribution is 2.26. The van der Waals surface area contributed by atoms with E-state index < -0.39 is 32.3 Å². The molecule has 0 aliphatic heterocycles. The zero-order chi connectivity index (χ0) is 12.7.